The molecule has 10 nitrogen and oxygen atoms in total. The Morgan fingerprint density at radius 3 is 2.46 bits per heavy atom. The SMILES string of the molecule is COC(=O)c1nccc2c(-c3cnc(Nc4cnc(OC)nc4)cc3C)cn(COCC[Si](C)(C)C)c12. The predicted octanol–water partition coefficient (Wildman–Crippen LogP) is 5.05. The van der Waals surface area contributed by atoms with Gasteiger partial charge in [0, 0.05) is 49.8 Å². The molecule has 0 atom stereocenters. The largest absolute Gasteiger partial charge is 0.467 e. The number of hydrogen-bond donors (Lipinski definition) is 1. The molecule has 4 rings (SSSR count). The molecule has 0 aliphatic rings. The number of rotatable bonds is 10. The molecule has 0 saturated heterocycles. The number of anilines is 2. The lowest BCUT2D eigenvalue weighted by Crippen LogP contribution is -2.22. The van der Waals surface area contributed by atoms with Gasteiger partial charge in [-0.15, -0.1) is 0 Å². The molecule has 0 aliphatic heterocycles. The Bertz CT molecular complexity index is 1400. The molecule has 4 aromatic rings. The summed E-state index contributed by atoms with van der Waals surface area (Å²) in [6.45, 7) is 9.93. The van der Waals surface area contributed by atoms with Gasteiger partial charge < -0.3 is 24.1 Å². The summed E-state index contributed by atoms with van der Waals surface area (Å²) in [5.74, 6) is 0.167. The molecule has 0 aromatic carbocycles. The minimum atomic E-state index is -1.23. The van der Waals surface area contributed by atoms with Crippen molar-refractivity contribution in [2.75, 3.05) is 26.1 Å². The van der Waals surface area contributed by atoms with Crippen molar-refractivity contribution in [3.8, 4) is 17.1 Å². The number of esters is 1. The number of aryl methyl sites for hydroxylation is 1. The Morgan fingerprint density at radius 1 is 1.05 bits per heavy atom. The van der Waals surface area contributed by atoms with Gasteiger partial charge in [-0.05, 0) is 30.7 Å². The maximum Gasteiger partial charge on any atom is 0.358 e. The van der Waals surface area contributed by atoms with Crippen molar-refractivity contribution in [1.82, 2.24) is 24.5 Å². The molecule has 0 amide bonds. The highest BCUT2D eigenvalue weighted by molar-refractivity contribution is 6.76. The van der Waals surface area contributed by atoms with Crippen molar-refractivity contribution in [2.24, 2.45) is 0 Å². The van der Waals surface area contributed by atoms with Crippen LogP contribution in [0, 0.1) is 6.92 Å². The maximum atomic E-state index is 12.5. The van der Waals surface area contributed by atoms with Crippen LogP contribution in [0.4, 0.5) is 11.5 Å². The van der Waals surface area contributed by atoms with E-state index >= 15 is 0 Å². The second-order valence-corrected chi connectivity index (χ2v) is 15.5. The Labute approximate surface area is 217 Å². The van der Waals surface area contributed by atoms with Crippen LogP contribution in [-0.2, 0) is 16.2 Å². The number of nitrogens with one attached hydrogen (secondary N) is 1. The summed E-state index contributed by atoms with van der Waals surface area (Å²) in [4.78, 5) is 29.7. The number of carbonyl (C=O) groups excluding carboxylic acids is 1. The molecule has 0 aliphatic carbocycles. The molecule has 37 heavy (non-hydrogen) atoms. The van der Waals surface area contributed by atoms with Gasteiger partial charge in [-0.1, -0.05) is 19.6 Å². The number of aromatic nitrogens is 5. The van der Waals surface area contributed by atoms with Gasteiger partial charge in [0.1, 0.15) is 12.5 Å². The molecule has 0 unspecified atom stereocenters. The molecule has 0 spiro atoms. The van der Waals surface area contributed by atoms with Crippen LogP contribution < -0.4 is 10.1 Å². The number of carbonyl (C=O) groups is 1. The van der Waals surface area contributed by atoms with Gasteiger partial charge in [0.15, 0.2) is 5.69 Å². The predicted molar refractivity (Wildman–Crippen MR) is 145 cm³/mol. The molecule has 11 heteroatoms. The highest BCUT2D eigenvalue weighted by Crippen LogP contribution is 2.34. The second kappa shape index (κ2) is 11.1. The third kappa shape index (κ3) is 6.12. The van der Waals surface area contributed by atoms with Gasteiger partial charge in [0.2, 0.25) is 0 Å². The van der Waals surface area contributed by atoms with Gasteiger partial charge in [0.25, 0.3) is 0 Å². The quantitative estimate of drug-likeness (QED) is 0.174. The van der Waals surface area contributed by atoms with Crippen molar-refractivity contribution in [2.45, 2.75) is 39.3 Å². The fourth-order valence-corrected chi connectivity index (χ4v) is 4.65. The van der Waals surface area contributed by atoms with Gasteiger partial charge in [-0.3, -0.25) is 0 Å². The maximum absolute atomic E-state index is 12.5. The standard InChI is InChI=1S/C26H32N6O4Si/c1-17-11-22(31-18-12-29-26(35-3)30-13-18)28-14-20(17)21-15-32(16-36-9-10-37(4,5)6)24-19(21)7-8-27-23(24)25(33)34-2/h7-8,11-15H,9-10,16H2,1-6H3,(H,28,31). The fraction of sp³-hybridized carbons (Fsp3) is 0.346. The third-order valence-corrected chi connectivity index (χ3v) is 7.58. The van der Waals surface area contributed by atoms with Crippen LogP contribution in [0.5, 0.6) is 6.01 Å². The van der Waals surface area contributed by atoms with E-state index in [1.807, 2.05) is 36.0 Å². The van der Waals surface area contributed by atoms with E-state index < -0.39 is 14.0 Å². The minimum Gasteiger partial charge on any atom is -0.467 e. The summed E-state index contributed by atoms with van der Waals surface area (Å²) in [7, 11) is 1.65. The Hall–Kier alpha value is -3.83. The average molecular weight is 521 g/mol. The number of nitrogens with zero attached hydrogens (tertiary/aromatic N) is 5. The van der Waals surface area contributed by atoms with Crippen molar-refractivity contribution < 1.29 is 19.0 Å². The first-order valence-electron chi connectivity index (χ1n) is 11.9. The van der Waals surface area contributed by atoms with Crippen LogP contribution in [0.3, 0.4) is 0 Å². The number of hydrogen-bond acceptors (Lipinski definition) is 9. The smallest absolute Gasteiger partial charge is 0.358 e. The van der Waals surface area contributed by atoms with E-state index in [0.29, 0.717) is 36.4 Å². The van der Waals surface area contributed by atoms with Crippen LogP contribution in [0.15, 0.2) is 43.1 Å². The number of fused-ring (bicyclic) bond motifs is 1. The van der Waals surface area contributed by atoms with E-state index in [9.17, 15) is 4.79 Å². The van der Waals surface area contributed by atoms with Crippen LogP contribution in [0.2, 0.25) is 25.7 Å². The summed E-state index contributed by atoms with van der Waals surface area (Å²) in [5, 5.41) is 4.08. The topological polar surface area (TPSA) is 113 Å². The number of pyridine rings is 2. The van der Waals surface area contributed by atoms with Crippen LogP contribution in [0.25, 0.3) is 22.0 Å². The molecule has 4 aromatic heterocycles. The number of ether oxygens (including phenoxy) is 3. The van der Waals surface area contributed by atoms with Gasteiger partial charge in [-0.2, -0.15) is 0 Å². The first kappa shape index (κ1) is 26.2. The van der Waals surface area contributed by atoms with E-state index in [1.165, 1.54) is 14.2 Å². The third-order valence-electron chi connectivity index (χ3n) is 5.88. The van der Waals surface area contributed by atoms with Crippen LogP contribution >= 0.6 is 0 Å². The molecule has 1 N–H and O–H groups in total. The molecule has 4 heterocycles. The average Bonchev–Trinajstić information content (AvgIpc) is 3.24. The van der Waals surface area contributed by atoms with Gasteiger partial charge in [-0.25, -0.2) is 24.7 Å². The summed E-state index contributed by atoms with van der Waals surface area (Å²) in [6, 6.07) is 5.20. The highest BCUT2D eigenvalue weighted by Gasteiger charge is 2.21. The van der Waals surface area contributed by atoms with Crippen molar-refractivity contribution >= 4 is 36.5 Å². The Kier molecular flexibility index (Phi) is 7.84. The fourth-order valence-electron chi connectivity index (χ4n) is 3.90. The molecule has 0 bridgehead atoms. The monoisotopic (exact) mass is 520 g/mol. The number of methoxy groups -OCH3 is 2. The van der Waals surface area contributed by atoms with Gasteiger partial charge >= 0.3 is 12.0 Å². The molecular weight excluding hydrogens is 488 g/mol. The zero-order chi connectivity index (χ0) is 26.6. The Morgan fingerprint density at radius 2 is 1.81 bits per heavy atom. The summed E-state index contributed by atoms with van der Waals surface area (Å²) in [6.07, 6.45) is 8.69. The summed E-state index contributed by atoms with van der Waals surface area (Å²) >= 11 is 0. The molecule has 0 radical (unpaired) electrons. The molecule has 0 fully saturated rings. The van der Waals surface area contributed by atoms with E-state index in [1.54, 1.807) is 18.6 Å². The van der Waals surface area contributed by atoms with Crippen LogP contribution in [0.1, 0.15) is 16.1 Å². The van der Waals surface area contributed by atoms with E-state index in [4.69, 9.17) is 14.2 Å². The summed E-state index contributed by atoms with van der Waals surface area (Å²) < 4.78 is 18.0. The molecule has 194 valence electrons. The van der Waals surface area contributed by atoms with Gasteiger partial charge in [0.05, 0.1) is 37.8 Å². The zero-order valence-corrected chi connectivity index (χ0v) is 23.0. The van der Waals surface area contributed by atoms with Crippen molar-refractivity contribution in [3.63, 3.8) is 0 Å². The van der Waals surface area contributed by atoms with Crippen molar-refractivity contribution in [3.05, 3.63) is 54.4 Å². The normalized spacial score (nSPS) is 11.5. The Balaban J connectivity index is 1.68. The zero-order valence-electron chi connectivity index (χ0n) is 22.0. The minimum absolute atomic E-state index is 0.253. The lowest BCUT2D eigenvalue weighted by molar-refractivity contribution is 0.0594. The highest BCUT2D eigenvalue weighted by atomic mass is 28.3. The van der Waals surface area contributed by atoms with Crippen LogP contribution in [-0.4, -0.2) is 59.4 Å². The first-order chi connectivity index (χ1) is 17.7. The van der Waals surface area contributed by atoms with E-state index in [-0.39, 0.29) is 5.69 Å². The van der Waals surface area contributed by atoms with E-state index in [2.05, 4.69) is 44.9 Å². The van der Waals surface area contributed by atoms with E-state index in [0.717, 1.165) is 28.1 Å². The second-order valence-electron chi connectivity index (χ2n) is 9.88. The lowest BCUT2D eigenvalue weighted by Gasteiger charge is -2.16. The molecular formula is C26H32N6O4Si. The first-order valence-corrected chi connectivity index (χ1v) is 15.6. The summed E-state index contributed by atoms with van der Waals surface area (Å²) in [5.41, 5.74) is 4.49. The molecule has 0 saturated carbocycles. The lowest BCUT2D eigenvalue weighted by atomic mass is 10.0. The van der Waals surface area contributed by atoms with Crippen molar-refractivity contribution in [1.29, 1.82) is 0 Å².